The van der Waals surface area contributed by atoms with E-state index in [4.69, 9.17) is 9.72 Å². The Morgan fingerprint density at radius 1 is 1.11 bits per heavy atom. The largest absolute Gasteiger partial charge is 0.479 e. The van der Waals surface area contributed by atoms with Crippen molar-refractivity contribution in [2.75, 3.05) is 36.1 Å². The van der Waals surface area contributed by atoms with Crippen LogP contribution in [0, 0.1) is 0 Å². The van der Waals surface area contributed by atoms with E-state index in [1.54, 1.807) is 13.3 Å². The van der Waals surface area contributed by atoms with Gasteiger partial charge in [-0.2, -0.15) is 4.98 Å². The Hall–Kier alpha value is -4.50. The minimum Gasteiger partial charge on any atom is -0.479 e. The van der Waals surface area contributed by atoms with E-state index in [9.17, 15) is 4.79 Å². The van der Waals surface area contributed by atoms with Crippen molar-refractivity contribution in [1.29, 1.82) is 0 Å². The molecule has 1 aliphatic rings. The number of hydrogen-bond acceptors (Lipinski definition) is 8. The molecule has 2 aromatic carbocycles. The number of fused-ring (bicyclic) bond motifs is 1. The summed E-state index contributed by atoms with van der Waals surface area (Å²) >= 11 is 0. The predicted octanol–water partition coefficient (Wildman–Crippen LogP) is 4.73. The molecule has 1 fully saturated rings. The summed E-state index contributed by atoms with van der Waals surface area (Å²) in [5.41, 5.74) is 3.97. The van der Waals surface area contributed by atoms with Crippen molar-refractivity contribution in [2.45, 2.75) is 18.9 Å². The topological polar surface area (TPSA) is 113 Å². The first-order chi connectivity index (χ1) is 18.1. The van der Waals surface area contributed by atoms with Crippen LogP contribution in [0.1, 0.15) is 12.8 Å². The standard InChI is InChI=1S/C28H29N7O2/c1-3-25(36)32-21-8-4-6-18(16-21)22-9-5-7-19-17-30-28(35-26(19)22)33-23-10-11-24(34-27(23)37-2)31-20-12-14-29-15-13-20/h3-11,16-17,20,29H,1,12-15H2,2H3,(H,31,34)(H,32,36)(H,30,33,35). The van der Waals surface area contributed by atoms with E-state index in [1.807, 2.05) is 54.6 Å². The molecule has 5 rings (SSSR count). The maximum absolute atomic E-state index is 11.8. The summed E-state index contributed by atoms with van der Waals surface area (Å²) in [5.74, 6) is 1.40. The molecule has 0 radical (unpaired) electrons. The number of hydrogen-bond donors (Lipinski definition) is 4. The average molecular weight is 496 g/mol. The Labute approximate surface area is 215 Å². The lowest BCUT2D eigenvalue weighted by Crippen LogP contribution is -2.35. The van der Waals surface area contributed by atoms with Crippen molar-refractivity contribution in [3.63, 3.8) is 0 Å². The molecule has 4 N–H and O–H groups in total. The third-order valence-corrected chi connectivity index (χ3v) is 6.23. The Morgan fingerprint density at radius 3 is 2.76 bits per heavy atom. The minimum atomic E-state index is -0.261. The lowest BCUT2D eigenvalue weighted by molar-refractivity contribution is -0.111. The van der Waals surface area contributed by atoms with Gasteiger partial charge in [0.05, 0.1) is 12.6 Å². The van der Waals surface area contributed by atoms with Crippen molar-refractivity contribution in [3.05, 3.63) is 73.4 Å². The SMILES string of the molecule is C=CC(=O)Nc1cccc(-c2cccc3cnc(Nc4ccc(NC5CCNCC5)nc4OC)nc23)c1. The molecule has 3 heterocycles. The molecule has 0 bridgehead atoms. The van der Waals surface area contributed by atoms with Crippen LogP contribution >= 0.6 is 0 Å². The van der Waals surface area contributed by atoms with Gasteiger partial charge in [-0.3, -0.25) is 4.79 Å². The van der Waals surface area contributed by atoms with Crippen LogP contribution in [0.25, 0.3) is 22.0 Å². The van der Waals surface area contributed by atoms with Gasteiger partial charge in [-0.25, -0.2) is 9.97 Å². The van der Waals surface area contributed by atoms with Crippen molar-refractivity contribution < 1.29 is 9.53 Å². The molecule has 1 amide bonds. The number of anilines is 4. The van der Waals surface area contributed by atoms with Gasteiger partial charge < -0.3 is 26.0 Å². The number of aromatic nitrogens is 3. The van der Waals surface area contributed by atoms with Crippen LogP contribution in [-0.2, 0) is 4.79 Å². The highest BCUT2D eigenvalue weighted by atomic mass is 16.5. The molecular weight excluding hydrogens is 466 g/mol. The van der Waals surface area contributed by atoms with E-state index in [1.165, 1.54) is 6.08 Å². The Morgan fingerprint density at radius 2 is 1.95 bits per heavy atom. The zero-order chi connectivity index (χ0) is 25.6. The van der Waals surface area contributed by atoms with Crippen molar-refractivity contribution >= 4 is 40.0 Å². The Balaban J connectivity index is 1.42. The van der Waals surface area contributed by atoms with E-state index in [2.05, 4.69) is 37.8 Å². The zero-order valence-electron chi connectivity index (χ0n) is 20.6. The van der Waals surface area contributed by atoms with Crippen LogP contribution in [0.2, 0.25) is 0 Å². The summed E-state index contributed by atoms with van der Waals surface area (Å²) in [5, 5.41) is 13.8. The van der Waals surface area contributed by atoms with Crippen LogP contribution in [0.15, 0.2) is 73.4 Å². The smallest absolute Gasteiger partial charge is 0.247 e. The second kappa shape index (κ2) is 11.0. The normalized spacial score (nSPS) is 13.6. The molecule has 0 aliphatic carbocycles. The van der Waals surface area contributed by atoms with Gasteiger partial charge in [-0.1, -0.05) is 36.9 Å². The molecule has 188 valence electrons. The monoisotopic (exact) mass is 495 g/mol. The third kappa shape index (κ3) is 5.68. The number of piperidine rings is 1. The molecule has 0 atom stereocenters. The van der Waals surface area contributed by atoms with Crippen LogP contribution in [0.5, 0.6) is 5.88 Å². The quantitative estimate of drug-likeness (QED) is 0.260. The first-order valence-corrected chi connectivity index (χ1v) is 12.2. The predicted molar refractivity (Wildman–Crippen MR) is 147 cm³/mol. The van der Waals surface area contributed by atoms with Crippen LogP contribution < -0.4 is 26.0 Å². The van der Waals surface area contributed by atoms with Crippen LogP contribution in [0.3, 0.4) is 0 Å². The highest BCUT2D eigenvalue weighted by Crippen LogP contribution is 2.31. The lowest BCUT2D eigenvalue weighted by Gasteiger charge is -2.24. The summed E-state index contributed by atoms with van der Waals surface area (Å²) in [6.07, 6.45) is 5.14. The highest BCUT2D eigenvalue weighted by Gasteiger charge is 2.15. The lowest BCUT2D eigenvalue weighted by atomic mass is 10.0. The second-order valence-electron chi connectivity index (χ2n) is 8.76. The fourth-order valence-electron chi connectivity index (χ4n) is 4.37. The van der Waals surface area contributed by atoms with Gasteiger partial charge >= 0.3 is 0 Å². The Bertz CT molecular complexity index is 1430. The fraction of sp³-hybridized carbons (Fsp3) is 0.214. The van der Waals surface area contributed by atoms with Gasteiger partial charge in [0.15, 0.2) is 0 Å². The molecule has 0 saturated carbocycles. The van der Waals surface area contributed by atoms with Gasteiger partial charge in [-0.15, -0.1) is 0 Å². The number of benzene rings is 2. The molecule has 9 nitrogen and oxygen atoms in total. The summed E-state index contributed by atoms with van der Waals surface area (Å²) in [4.78, 5) is 25.7. The molecule has 37 heavy (non-hydrogen) atoms. The molecule has 0 spiro atoms. The minimum absolute atomic E-state index is 0.261. The number of rotatable bonds is 8. The number of nitrogens with zero attached hydrogens (tertiary/aromatic N) is 3. The number of methoxy groups -OCH3 is 1. The molecular formula is C28H29N7O2. The summed E-state index contributed by atoms with van der Waals surface area (Å²) in [6.45, 7) is 5.52. The average Bonchev–Trinajstić information content (AvgIpc) is 2.94. The van der Waals surface area contributed by atoms with Gasteiger partial charge in [-0.05, 0) is 61.8 Å². The number of carbonyl (C=O) groups is 1. The molecule has 0 unspecified atom stereocenters. The maximum Gasteiger partial charge on any atom is 0.247 e. The Kier molecular flexibility index (Phi) is 7.23. The molecule has 1 aliphatic heterocycles. The van der Waals surface area contributed by atoms with E-state index in [-0.39, 0.29) is 5.91 Å². The number of carbonyl (C=O) groups excluding carboxylic acids is 1. The molecule has 2 aromatic heterocycles. The third-order valence-electron chi connectivity index (χ3n) is 6.23. The van der Waals surface area contributed by atoms with Gasteiger partial charge in [0.25, 0.3) is 0 Å². The number of para-hydroxylation sites is 1. The fourth-order valence-corrected chi connectivity index (χ4v) is 4.37. The number of nitrogens with one attached hydrogen (secondary N) is 4. The molecule has 1 saturated heterocycles. The summed E-state index contributed by atoms with van der Waals surface area (Å²) in [7, 11) is 1.60. The van der Waals surface area contributed by atoms with Gasteiger partial charge in [0, 0.05) is 28.9 Å². The van der Waals surface area contributed by atoms with E-state index < -0.39 is 0 Å². The van der Waals surface area contributed by atoms with Crippen LogP contribution in [-0.4, -0.2) is 47.1 Å². The molecule has 9 heteroatoms. The second-order valence-corrected chi connectivity index (χ2v) is 8.76. The van der Waals surface area contributed by atoms with Gasteiger partial charge in [0.2, 0.25) is 17.7 Å². The zero-order valence-corrected chi connectivity index (χ0v) is 20.6. The van der Waals surface area contributed by atoms with Gasteiger partial charge in [0.1, 0.15) is 11.5 Å². The highest BCUT2D eigenvalue weighted by molar-refractivity contribution is 6.00. The van der Waals surface area contributed by atoms with Crippen LogP contribution in [0.4, 0.5) is 23.1 Å². The maximum atomic E-state index is 11.8. The first-order valence-electron chi connectivity index (χ1n) is 12.2. The van der Waals surface area contributed by atoms with Crippen molar-refractivity contribution in [1.82, 2.24) is 20.3 Å². The van der Waals surface area contributed by atoms with E-state index in [0.717, 1.165) is 53.8 Å². The number of pyridine rings is 1. The summed E-state index contributed by atoms with van der Waals surface area (Å²) < 4.78 is 5.56. The number of ether oxygens (including phenoxy) is 1. The van der Waals surface area contributed by atoms with Crippen molar-refractivity contribution in [2.24, 2.45) is 0 Å². The number of amides is 1. The first kappa shape index (κ1) is 24.2. The summed E-state index contributed by atoms with van der Waals surface area (Å²) in [6, 6.07) is 17.8. The van der Waals surface area contributed by atoms with E-state index in [0.29, 0.717) is 29.2 Å². The molecule has 4 aromatic rings. The van der Waals surface area contributed by atoms with Crippen molar-refractivity contribution in [3.8, 4) is 17.0 Å². The van der Waals surface area contributed by atoms with E-state index >= 15 is 0 Å².